The number of nitriles is 2. The molecule has 3 rings (SSSR count). The molecule has 0 spiro atoms. The molecule has 0 fully saturated rings. The van der Waals surface area contributed by atoms with Gasteiger partial charge in [-0.15, -0.1) is 16.9 Å². The van der Waals surface area contributed by atoms with Crippen LogP contribution in [0.3, 0.4) is 0 Å². The van der Waals surface area contributed by atoms with E-state index in [1.54, 1.807) is 16.8 Å². The summed E-state index contributed by atoms with van der Waals surface area (Å²) >= 11 is 1.30. The second-order valence-corrected chi connectivity index (χ2v) is 6.21. The molecule has 122 valence electrons. The first kappa shape index (κ1) is 16.5. The third-order valence-electron chi connectivity index (χ3n) is 3.49. The summed E-state index contributed by atoms with van der Waals surface area (Å²) in [5.41, 5.74) is 2.54. The molecule has 0 amide bonds. The predicted octanol–water partition coefficient (Wildman–Crippen LogP) is 2.73. The highest BCUT2D eigenvalue weighted by Gasteiger charge is 2.15. The molecule has 2 aromatic carbocycles. The van der Waals surface area contributed by atoms with Gasteiger partial charge in [-0.3, -0.25) is 4.79 Å². The lowest BCUT2D eigenvalue weighted by molar-refractivity contribution is -0.136. The number of hydrogen-bond donors (Lipinski definition) is 1. The van der Waals surface area contributed by atoms with Gasteiger partial charge in [0.05, 0.1) is 28.8 Å². The highest BCUT2D eigenvalue weighted by atomic mass is 32.2. The van der Waals surface area contributed by atoms with E-state index >= 15 is 0 Å². The number of hydrogen-bond acceptors (Lipinski definition) is 6. The molecule has 7 nitrogen and oxygen atoms in total. The van der Waals surface area contributed by atoms with Crippen LogP contribution in [0.25, 0.3) is 16.7 Å². The van der Waals surface area contributed by atoms with Crippen molar-refractivity contribution in [1.82, 2.24) is 15.0 Å². The fourth-order valence-corrected chi connectivity index (χ4v) is 3.32. The minimum atomic E-state index is -0.894. The Hall–Kier alpha value is -3.36. The van der Waals surface area contributed by atoms with Gasteiger partial charge < -0.3 is 5.11 Å². The van der Waals surface area contributed by atoms with Crippen molar-refractivity contribution in [2.75, 3.05) is 5.75 Å². The van der Waals surface area contributed by atoms with Gasteiger partial charge in [-0.25, -0.2) is 4.68 Å². The summed E-state index contributed by atoms with van der Waals surface area (Å²) in [6.45, 7) is 0. The minimum absolute atomic E-state index is 0.00982. The molecule has 0 atom stereocenters. The van der Waals surface area contributed by atoms with Gasteiger partial charge in [-0.1, -0.05) is 17.3 Å². The Morgan fingerprint density at radius 2 is 1.92 bits per heavy atom. The standard InChI is InChI=1S/C17H11N5O2S/c18-9-11-7-15(22-14-4-2-1-3-13(14)20-21-22)16(8-12(11)10-19)25-6-5-17(23)24/h1-4,7-8H,5-6H2,(H,23,24). The van der Waals surface area contributed by atoms with Crippen molar-refractivity contribution >= 4 is 28.8 Å². The van der Waals surface area contributed by atoms with E-state index in [-0.39, 0.29) is 17.5 Å². The topological polar surface area (TPSA) is 116 Å². The Morgan fingerprint density at radius 3 is 2.64 bits per heavy atom. The van der Waals surface area contributed by atoms with Crippen LogP contribution in [-0.4, -0.2) is 31.8 Å². The van der Waals surface area contributed by atoms with E-state index in [0.717, 1.165) is 5.52 Å². The Balaban J connectivity index is 2.14. The predicted molar refractivity (Wildman–Crippen MR) is 91.3 cm³/mol. The monoisotopic (exact) mass is 349 g/mol. The van der Waals surface area contributed by atoms with Crippen LogP contribution in [0, 0.1) is 22.7 Å². The van der Waals surface area contributed by atoms with Crippen LogP contribution in [0.2, 0.25) is 0 Å². The number of carbonyl (C=O) groups is 1. The van der Waals surface area contributed by atoms with Crippen LogP contribution < -0.4 is 0 Å². The summed E-state index contributed by atoms with van der Waals surface area (Å²) < 4.78 is 1.60. The smallest absolute Gasteiger partial charge is 0.304 e. The maximum absolute atomic E-state index is 10.8. The highest BCUT2D eigenvalue weighted by Crippen LogP contribution is 2.31. The minimum Gasteiger partial charge on any atom is -0.481 e. The third kappa shape index (κ3) is 3.30. The number of aromatic nitrogens is 3. The molecule has 1 aromatic heterocycles. The second kappa shape index (κ2) is 7.04. The lowest BCUT2D eigenvalue weighted by Crippen LogP contribution is -2.02. The molecular weight excluding hydrogens is 338 g/mol. The third-order valence-corrected chi connectivity index (χ3v) is 4.54. The van der Waals surface area contributed by atoms with Crippen LogP contribution in [0.1, 0.15) is 17.5 Å². The summed E-state index contributed by atoms with van der Waals surface area (Å²) in [6.07, 6.45) is -0.00982. The average Bonchev–Trinajstić information content (AvgIpc) is 3.05. The number of carboxylic acids is 1. The number of fused-ring (bicyclic) bond motifs is 1. The van der Waals surface area contributed by atoms with Gasteiger partial charge in [0, 0.05) is 10.6 Å². The number of para-hydroxylation sites is 1. The normalized spacial score (nSPS) is 10.3. The van der Waals surface area contributed by atoms with Gasteiger partial charge >= 0.3 is 5.97 Å². The Bertz CT molecular complexity index is 1050. The largest absolute Gasteiger partial charge is 0.481 e. The van der Waals surface area contributed by atoms with E-state index < -0.39 is 5.97 Å². The lowest BCUT2D eigenvalue weighted by atomic mass is 10.1. The van der Waals surface area contributed by atoms with Crippen molar-refractivity contribution in [2.45, 2.75) is 11.3 Å². The molecule has 25 heavy (non-hydrogen) atoms. The highest BCUT2D eigenvalue weighted by molar-refractivity contribution is 7.99. The van der Waals surface area contributed by atoms with E-state index in [1.807, 2.05) is 36.4 Å². The van der Waals surface area contributed by atoms with Crippen LogP contribution in [0.5, 0.6) is 0 Å². The average molecular weight is 349 g/mol. The molecule has 0 unspecified atom stereocenters. The van der Waals surface area contributed by atoms with Gasteiger partial charge in [0.25, 0.3) is 0 Å². The number of nitrogens with zero attached hydrogens (tertiary/aromatic N) is 5. The van der Waals surface area contributed by atoms with E-state index in [0.29, 0.717) is 21.9 Å². The van der Waals surface area contributed by atoms with Crippen LogP contribution in [0.15, 0.2) is 41.3 Å². The summed E-state index contributed by atoms with van der Waals surface area (Å²) in [5.74, 6) is -0.555. The molecule has 0 aliphatic heterocycles. The van der Waals surface area contributed by atoms with Crippen molar-refractivity contribution in [2.24, 2.45) is 0 Å². The van der Waals surface area contributed by atoms with Crippen LogP contribution in [0.4, 0.5) is 0 Å². The van der Waals surface area contributed by atoms with Crippen LogP contribution >= 0.6 is 11.8 Å². The number of rotatable bonds is 5. The summed E-state index contributed by atoms with van der Waals surface area (Å²) in [6, 6.07) is 14.6. The molecule has 0 bridgehead atoms. The second-order valence-electron chi connectivity index (χ2n) is 5.07. The molecule has 8 heteroatoms. The summed E-state index contributed by atoms with van der Waals surface area (Å²) in [7, 11) is 0. The zero-order valence-electron chi connectivity index (χ0n) is 12.9. The Labute approximate surface area is 147 Å². The Kier molecular flexibility index (Phi) is 4.64. The fraction of sp³-hybridized carbons (Fsp3) is 0.118. The fourth-order valence-electron chi connectivity index (χ4n) is 2.33. The number of benzene rings is 2. The molecule has 1 N–H and O–H groups in total. The molecule has 0 aliphatic carbocycles. The molecular formula is C17H11N5O2S. The van der Waals surface area contributed by atoms with Gasteiger partial charge in [0.2, 0.25) is 0 Å². The number of carboxylic acid groups (broad SMARTS) is 1. The molecule has 0 saturated carbocycles. The quantitative estimate of drug-likeness (QED) is 0.704. The first-order valence-corrected chi connectivity index (χ1v) is 8.26. The van der Waals surface area contributed by atoms with E-state index in [9.17, 15) is 15.3 Å². The summed E-state index contributed by atoms with van der Waals surface area (Å²) in [4.78, 5) is 11.4. The van der Waals surface area contributed by atoms with E-state index in [2.05, 4.69) is 10.3 Å². The zero-order valence-corrected chi connectivity index (χ0v) is 13.7. The van der Waals surface area contributed by atoms with Gasteiger partial charge in [-0.05, 0) is 24.3 Å². The van der Waals surface area contributed by atoms with Gasteiger partial charge in [0.15, 0.2) is 0 Å². The number of aliphatic carboxylic acids is 1. The van der Waals surface area contributed by atoms with Crippen molar-refractivity contribution in [3.8, 4) is 17.8 Å². The van der Waals surface area contributed by atoms with Crippen molar-refractivity contribution in [3.05, 3.63) is 47.5 Å². The number of thioether (sulfide) groups is 1. The maximum Gasteiger partial charge on any atom is 0.304 e. The first-order valence-electron chi connectivity index (χ1n) is 7.27. The molecule has 0 radical (unpaired) electrons. The zero-order chi connectivity index (χ0) is 17.8. The van der Waals surface area contributed by atoms with Crippen molar-refractivity contribution in [3.63, 3.8) is 0 Å². The molecule has 0 aliphatic rings. The van der Waals surface area contributed by atoms with Gasteiger partial charge in [-0.2, -0.15) is 10.5 Å². The van der Waals surface area contributed by atoms with Crippen molar-refractivity contribution in [1.29, 1.82) is 10.5 Å². The maximum atomic E-state index is 10.8. The SMILES string of the molecule is N#Cc1cc(SCCC(=O)O)c(-n2nnc3ccccc32)cc1C#N. The van der Waals surface area contributed by atoms with E-state index in [4.69, 9.17) is 5.11 Å². The lowest BCUT2D eigenvalue weighted by Gasteiger charge is -2.11. The van der Waals surface area contributed by atoms with Crippen molar-refractivity contribution < 1.29 is 9.90 Å². The molecule has 0 saturated heterocycles. The molecule has 1 heterocycles. The van der Waals surface area contributed by atoms with Gasteiger partial charge in [0.1, 0.15) is 17.7 Å². The van der Waals surface area contributed by atoms with E-state index in [1.165, 1.54) is 11.8 Å². The van der Waals surface area contributed by atoms with Crippen LogP contribution in [-0.2, 0) is 4.79 Å². The summed E-state index contributed by atoms with van der Waals surface area (Å²) in [5, 5.41) is 35.6. The Morgan fingerprint density at radius 1 is 1.20 bits per heavy atom. The first-order chi connectivity index (χ1) is 12.1. The molecule has 3 aromatic rings.